The Bertz CT molecular complexity index is 365. The molecule has 0 aliphatic carbocycles. The summed E-state index contributed by atoms with van der Waals surface area (Å²) in [5.41, 5.74) is 8.51. The SMILES string of the molecule is COc1ccc(C)cc1C1CC(N)CCN1. The Balaban J connectivity index is 2.26. The van der Waals surface area contributed by atoms with Gasteiger partial charge in [0.15, 0.2) is 0 Å². The van der Waals surface area contributed by atoms with Crippen LogP contribution in [0.4, 0.5) is 0 Å². The van der Waals surface area contributed by atoms with E-state index >= 15 is 0 Å². The van der Waals surface area contributed by atoms with Gasteiger partial charge in [-0.3, -0.25) is 0 Å². The molecule has 1 aliphatic heterocycles. The van der Waals surface area contributed by atoms with Crippen molar-refractivity contribution in [3.8, 4) is 5.75 Å². The monoisotopic (exact) mass is 220 g/mol. The Morgan fingerprint density at radius 2 is 2.25 bits per heavy atom. The number of nitrogens with one attached hydrogen (secondary N) is 1. The van der Waals surface area contributed by atoms with E-state index in [1.807, 2.05) is 6.07 Å². The number of nitrogens with two attached hydrogens (primary N) is 1. The molecular weight excluding hydrogens is 200 g/mol. The highest BCUT2D eigenvalue weighted by molar-refractivity contribution is 5.39. The zero-order valence-electron chi connectivity index (χ0n) is 9.99. The van der Waals surface area contributed by atoms with Crippen LogP contribution in [0.25, 0.3) is 0 Å². The number of hydrogen-bond donors (Lipinski definition) is 2. The molecule has 0 bridgehead atoms. The summed E-state index contributed by atoms with van der Waals surface area (Å²) in [7, 11) is 1.72. The molecule has 2 atom stereocenters. The summed E-state index contributed by atoms with van der Waals surface area (Å²) in [6, 6.07) is 6.93. The molecule has 1 heterocycles. The van der Waals surface area contributed by atoms with Gasteiger partial charge < -0.3 is 15.8 Å². The molecule has 1 aromatic carbocycles. The van der Waals surface area contributed by atoms with Gasteiger partial charge >= 0.3 is 0 Å². The number of methoxy groups -OCH3 is 1. The van der Waals surface area contributed by atoms with Crippen molar-refractivity contribution in [3.05, 3.63) is 29.3 Å². The third-order valence-corrected chi connectivity index (χ3v) is 3.20. The van der Waals surface area contributed by atoms with Gasteiger partial charge in [0.05, 0.1) is 7.11 Å². The fourth-order valence-corrected chi connectivity index (χ4v) is 2.31. The Hall–Kier alpha value is -1.06. The first-order chi connectivity index (χ1) is 7.70. The molecule has 0 spiro atoms. The van der Waals surface area contributed by atoms with Crippen molar-refractivity contribution in [1.82, 2.24) is 5.32 Å². The smallest absolute Gasteiger partial charge is 0.123 e. The number of rotatable bonds is 2. The van der Waals surface area contributed by atoms with E-state index in [1.54, 1.807) is 7.11 Å². The van der Waals surface area contributed by atoms with Crippen LogP contribution < -0.4 is 15.8 Å². The molecule has 2 unspecified atom stereocenters. The highest BCUT2D eigenvalue weighted by Gasteiger charge is 2.22. The van der Waals surface area contributed by atoms with E-state index in [1.165, 1.54) is 11.1 Å². The van der Waals surface area contributed by atoms with E-state index in [9.17, 15) is 0 Å². The average molecular weight is 220 g/mol. The van der Waals surface area contributed by atoms with Gasteiger partial charge in [0.25, 0.3) is 0 Å². The molecule has 0 aromatic heterocycles. The summed E-state index contributed by atoms with van der Waals surface area (Å²) < 4.78 is 5.41. The summed E-state index contributed by atoms with van der Waals surface area (Å²) >= 11 is 0. The van der Waals surface area contributed by atoms with Crippen molar-refractivity contribution in [1.29, 1.82) is 0 Å². The second-order valence-corrected chi connectivity index (χ2v) is 4.54. The summed E-state index contributed by atoms with van der Waals surface area (Å²) in [5.74, 6) is 0.956. The third-order valence-electron chi connectivity index (χ3n) is 3.20. The Morgan fingerprint density at radius 1 is 1.44 bits per heavy atom. The number of aryl methyl sites for hydroxylation is 1. The van der Waals surface area contributed by atoms with Crippen molar-refractivity contribution >= 4 is 0 Å². The molecule has 1 saturated heterocycles. The van der Waals surface area contributed by atoms with Gasteiger partial charge in [-0.05, 0) is 32.4 Å². The molecule has 0 radical (unpaired) electrons. The van der Waals surface area contributed by atoms with Crippen LogP contribution in [-0.4, -0.2) is 19.7 Å². The normalized spacial score (nSPS) is 25.4. The van der Waals surface area contributed by atoms with E-state index < -0.39 is 0 Å². The minimum atomic E-state index is 0.302. The first-order valence-corrected chi connectivity index (χ1v) is 5.84. The Morgan fingerprint density at radius 3 is 2.94 bits per heavy atom. The van der Waals surface area contributed by atoms with Crippen LogP contribution in [0.15, 0.2) is 18.2 Å². The van der Waals surface area contributed by atoms with E-state index in [4.69, 9.17) is 10.5 Å². The molecule has 1 fully saturated rings. The number of benzene rings is 1. The Kier molecular flexibility index (Phi) is 3.46. The predicted molar refractivity (Wildman–Crippen MR) is 65.7 cm³/mol. The lowest BCUT2D eigenvalue weighted by Crippen LogP contribution is -2.38. The van der Waals surface area contributed by atoms with Gasteiger partial charge in [-0.1, -0.05) is 17.7 Å². The van der Waals surface area contributed by atoms with Gasteiger partial charge in [0.2, 0.25) is 0 Å². The quantitative estimate of drug-likeness (QED) is 0.798. The summed E-state index contributed by atoms with van der Waals surface area (Å²) in [6.45, 7) is 3.09. The van der Waals surface area contributed by atoms with E-state index in [-0.39, 0.29) is 0 Å². The first kappa shape index (κ1) is 11.4. The number of piperidine rings is 1. The van der Waals surface area contributed by atoms with Gasteiger partial charge in [-0.25, -0.2) is 0 Å². The molecule has 3 N–H and O–H groups in total. The van der Waals surface area contributed by atoms with Crippen LogP contribution in [0.3, 0.4) is 0 Å². The zero-order valence-corrected chi connectivity index (χ0v) is 9.99. The lowest BCUT2D eigenvalue weighted by molar-refractivity contribution is 0.349. The van der Waals surface area contributed by atoms with Crippen molar-refractivity contribution in [2.75, 3.05) is 13.7 Å². The van der Waals surface area contributed by atoms with Crippen molar-refractivity contribution in [2.45, 2.75) is 31.8 Å². The second-order valence-electron chi connectivity index (χ2n) is 4.54. The minimum Gasteiger partial charge on any atom is -0.496 e. The zero-order chi connectivity index (χ0) is 11.5. The van der Waals surface area contributed by atoms with Gasteiger partial charge in [-0.2, -0.15) is 0 Å². The molecule has 88 valence electrons. The van der Waals surface area contributed by atoms with Gasteiger partial charge in [0.1, 0.15) is 5.75 Å². The Labute approximate surface area is 97.0 Å². The van der Waals surface area contributed by atoms with Crippen LogP contribution in [0.5, 0.6) is 5.75 Å². The van der Waals surface area contributed by atoms with Crippen molar-refractivity contribution in [3.63, 3.8) is 0 Å². The predicted octanol–water partition coefficient (Wildman–Crippen LogP) is 1.76. The van der Waals surface area contributed by atoms with Crippen molar-refractivity contribution < 1.29 is 4.74 Å². The standard InChI is InChI=1S/C13H20N2O/c1-9-3-4-13(16-2)11(7-9)12-8-10(14)5-6-15-12/h3-4,7,10,12,15H,5-6,8,14H2,1-2H3. The second kappa shape index (κ2) is 4.85. The maximum atomic E-state index is 6.01. The van der Waals surface area contributed by atoms with Crippen molar-refractivity contribution in [2.24, 2.45) is 5.73 Å². The van der Waals surface area contributed by atoms with Gasteiger partial charge in [-0.15, -0.1) is 0 Å². The average Bonchev–Trinajstić information content (AvgIpc) is 2.29. The van der Waals surface area contributed by atoms with E-state index in [0.29, 0.717) is 12.1 Å². The molecule has 2 rings (SSSR count). The lowest BCUT2D eigenvalue weighted by atomic mass is 9.93. The summed E-state index contributed by atoms with van der Waals surface area (Å²) in [5, 5.41) is 3.51. The molecular formula is C13H20N2O. The maximum absolute atomic E-state index is 6.01. The highest BCUT2D eigenvalue weighted by Crippen LogP contribution is 2.30. The third kappa shape index (κ3) is 2.36. The minimum absolute atomic E-state index is 0.302. The molecule has 3 heteroatoms. The summed E-state index contributed by atoms with van der Waals surface area (Å²) in [4.78, 5) is 0. The largest absolute Gasteiger partial charge is 0.496 e. The first-order valence-electron chi connectivity index (χ1n) is 5.84. The van der Waals surface area contributed by atoms with Crippen LogP contribution in [0.2, 0.25) is 0 Å². The fourth-order valence-electron chi connectivity index (χ4n) is 2.31. The topological polar surface area (TPSA) is 47.3 Å². The maximum Gasteiger partial charge on any atom is 0.123 e. The highest BCUT2D eigenvalue weighted by atomic mass is 16.5. The van der Waals surface area contributed by atoms with E-state index in [2.05, 4.69) is 24.4 Å². The molecule has 1 aliphatic rings. The molecule has 0 amide bonds. The molecule has 1 aromatic rings. The lowest BCUT2D eigenvalue weighted by Gasteiger charge is -2.29. The number of hydrogen-bond acceptors (Lipinski definition) is 3. The van der Waals surface area contributed by atoms with Crippen LogP contribution >= 0.6 is 0 Å². The molecule has 3 nitrogen and oxygen atoms in total. The molecule has 0 saturated carbocycles. The van der Waals surface area contributed by atoms with Crippen LogP contribution in [0.1, 0.15) is 30.0 Å². The molecule has 16 heavy (non-hydrogen) atoms. The summed E-state index contributed by atoms with van der Waals surface area (Å²) in [6.07, 6.45) is 2.05. The van der Waals surface area contributed by atoms with Crippen LogP contribution in [0, 0.1) is 6.92 Å². The fraction of sp³-hybridized carbons (Fsp3) is 0.538. The number of ether oxygens (including phenoxy) is 1. The van der Waals surface area contributed by atoms with Crippen LogP contribution in [-0.2, 0) is 0 Å². The van der Waals surface area contributed by atoms with E-state index in [0.717, 1.165) is 25.1 Å². The van der Waals surface area contributed by atoms with Gasteiger partial charge in [0, 0.05) is 17.6 Å².